The van der Waals surface area contributed by atoms with Crippen molar-refractivity contribution in [2.75, 3.05) is 0 Å². The highest BCUT2D eigenvalue weighted by Crippen LogP contribution is 2.08. The quantitative estimate of drug-likeness (QED) is 0.725. The van der Waals surface area contributed by atoms with Crippen LogP contribution in [0.3, 0.4) is 0 Å². The molecule has 0 atom stereocenters. The zero-order valence-corrected chi connectivity index (χ0v) is 11.4. The van der Waals surface area contributed by atoms with Gasteiger partial charge in [0.05, 0.1) is 5.35 Å². The normalized spacial score (nSPS) is 12.3. The summed E-state index contributed by atoms with van der Waals surface area (Å²) in [5.74, 6) is 0.305. The molecule has 0 amide bonds. The number of hydrogen-bond acceptors (Lipinski definition) is 3. The molecule has 0 bridgehead atoms. The fraction of sp³-hybridized carbons (Fsp3) is 0.0625. The van der Waals surface area contributed by atoms with Crippen molar-refractivity contribution >= 4 is 11.8 Å². The SMILES string of the molecule is FC1=C=C=c2[nH]c(Cc3ccc(-n4cncn4)nc3)cc2=C1. The van der Waals surface area contributed by atoms with Gasteiger partial charge in [0.25, 0.3) is 0 Å². The first-order valence-electron chi connectivity index (χ1n) is 6.69. The summed E-state index contributed by atoms with van der Waals surface area (Å²) in [5.41, 5.74) is 7.20. The van der Waals surface area contributed by atoms with Gasteiger partial charge in [0.2, 0.25) is 0 Å². The highest BCUT2D eigenvalue weighted by Gasteiger charge is 2.04. The maximum Gasteiger partial charge on any atom is 0.174 e. The van der Waals surface area contributed by atoms with Crippen LogP contribution in [0.5, 0.6) is 0 Å². The Balaban J connectivity index is 1.61. The third kappa shape index (κ3) is 2.29. The average Bonchev–Trinajstić information content (AvgIpc) is 3.16. The molecule has 1 aliphatic rings. The van der Waals surface area contributed by atoms with Gasteiger partial charge >= 0.3 is 0 Å². The lowest BCUT2D eigenvalue weighted by Crippen LogP contribution is -2.21. The number of hydrogen-bond donors (Lipinski definition) is 1. The van der Waals surface area contributed by atoms with Crippen LogP contribution in [-0.4, -0.2) is 24.7 Å². The first kappa shape index (κ1) is 12.5. The molecule has 3 aromatic rings. The van der Waals surface area contributed by atoms with E-state index in [1.54, 1.807) is 17.2 Å². The van der Waals surface area contributed by atoms with Gasteiger partial charge in [-0.05, 0) is 35.2 Å². The zero-order valence-electron chi connectivity index (χ0n) is 11.4. The predicted molar refractivity (Wildman–Crippen MR) is 78.0 cm³/mol. The number of fused-ring (bicyclic) bond motifs is 1. The van der Waals surface area contributed by atoms with Gasteiger partial charge in [-0.15, -0.1) is 0 Å². The predicted octanol–water partition coefficient (Wildman–Crippen LogP) is 0.763. The minimum atomic E-state index is -0.406. The van der Waals surface area contributed by atoms with E-state index < -0.39 is 5.83 Å². The standard InChI is InChI=1S/C16H10FN5/c17-13-2-3-15-12(6-13)7-14(21-15)5-11-1-4-16(19-8-11)22-10-18-9-20-22/h1,4,6-10,21H,5H2. The molecular formula is C16H10FN5. The lowest BCUT2D eigenvalue weighted by molar-refractivity contribution is 0.682. The molecule has 1 aliphatic carbocycles. The molecule has 0 unspecified atom stereocenters. The molecule has 6 heteroatoms. The Morgan fingerprint density at radius 2 is 2.23 bits per heavy atom. The Kier molecular flexibility index (Phi) is 2.83. The van der Waals surface area contributed by atoms with E-state index in [9.17, 15) is 4.39 Å². The number of aromatic amines is 1. The van der Waals surface area contributed by atoms with Gasteiger partial charge in [0.15, 0.2) is 11.6 Å². The van der Waals surface area contributed by atoms with Gasteiger partial charge < -0.3 is 4.98 Å². The summed E-state index contributed by atoms with van der Waals surface area (Å²) < 4.78 is 14.7. The fourth-order valence-corrected chi connectivity index (χ4v) is 2.34. The van der Waals surface area contributed by atoms with Crippen molar-refractivity contribution in [2.45, 2.75) is 6.42 Å². The minimum Gasteiger partial charge on any atom is -0.351 e. The van der Waals surface area contributed by atoms with Crippen molar-refractivity contribution < 1.29 is 4.39 Å². The second-order valence-electron chi connectivity index (χ2n) is 4.91. The largest absolute Gasteiger partial charge is 0.351 e. The van der Waals surface area contributed by atoms with Crippen LogP contribution < -0.4 is 10.6 Å². The third-order valence-corrected chi connectivity index (χ3v) is 3.35. The zero-order chi connectivity index (χ0) is 14.9. The molecule has 3 aromatic heterocycles. The van der Waals surface area contributed by atoms with Crippen molar-refractivity contribution in [1.29, 1.82) is 0 Å². The van der Waals surface area contributed by atoms with Crippen LogP contribution in [0.25, 0.3) is 17.6 Å². The minimum absolute atomic E-state index is 0.406. The molecule has 5 nitrogen and oxygen atoms in total. The number of allylic oxidation sites excluding steroid dienone is 1. The molecule has 22 heavy (non-hydrogen) atoms. The van der Waals surface area contributed by atoms with Gasteiger partial charge in [0.1, 0.15) is 12.7 Å². The molecule has 106 valence electrons. The number of halogens is 1. The highest BCUT2D eigenvalue weighted by atomic mass is 19.1. The summed E-state index contributed by atoms with van der Waals surface area (Å²) in [4.78, 5) is 11.5. The number of aromatic nitrogens is 5. The summed E-state index contributed by atoms with van der Waals surface area (Å²) in [7, 11) is 0. The molecular weight excluding hydrogens is 281 g/mol. The Morgan fingerprint density at radius 1 is 1.27 bits per heavy atom. The smallest absolute Gasteiger partial charge is 0.174 e. The van der Waals surface area contributed by atoms with E-state index >= 15 is 0 Å². The maximum absolute atomic E-state index is 13.1. The van der Waals surface area contributed by atoms with Crippen LogP contribution in [0.2, 0.25) is 0 Å². The highest BCUT2D eigenvalue weighted by molar-refractivity contribution is 5.48. The number of nitrogens with zero attached hydrogens (tertiary/aromatic N) is 4. The van der Waals surface area contributed by atoms with Gasteiger partial charge in [0, 0.05) is 23.5 Å². The molecule has 0 spiro atoms. The molecule has 4 rings (SSSR count). The molecule has 0 aromatic carbocycles. The van der Waals surface area contributed by atoms with E-state index in [1.807, 2.05) is 18.2 Å². The number of rotatable bonds is 3. The van der Waals surface area contributed by atoms with Crippen LogP contribution in [0.15, 0.2) is 48.6 Å². The van der Waals surface area contributed by atoms with Crippen molar-refractivity contribution in [3.63, 3.8) is 0 Å². The molecule has 3 heterocycles. The summed E-state index contributed by atoms with van der Waals surface area (Å²) in [6, 6.07) is 5.77. The van der Waals surface area contributed by atoms with Gasteiger partial charge in [-0.1, -0.05) is 6.07 Å². The Hall–Kier alpha value is -3.20. The fourth-order valence-electron chi connectivity index (χ4n) is 2.34. The monoisotopic (exact) mass is 291 g/mol. The second-order valence-corrected chi connectivity index (χ2v) is 4.91. The number of H-pyrrole nitrogens is 1. The molecule has 0 fully saturated rings. The van der Waals surface area contributed by atoms with Crippen molar-refractivity contribution in [2.24, 2.45) is 0 Å². The van der Waals surface area contributed by atoms with E-state index in [1.165, 1.54) is 12.4 Å². The van der Waals surface area contributed by atoms with Crippen LogP contribution in [0.1, 0.15) is 11.3 Å². The Bertz CT molecular complexity index is 1020. The van der Waals surface area contributed by atoms with Crippen molar-refractivity contribution in [3.05, 3.63) is 70.4 Å². The first-order chi connectivity index (χ1) is 10.8. The van der Waals surface area contributed by atoms with E-state index in [0.29, 0.717) is 12.2 Å². The summed E-state index contributed by atoms with van der Waals surface area (Å²) in [5, 5.41) is 5.57. The summed E-state index contributed by atoms with van der Waals surface area (Å²) in [6.07, 6.45) is 6.97. The lowest BCUT2D eigenvalue weighted by atomic mass is 10.1. The van der Waals surface area contributed by atoms with E-state index in [-0.39, 0.29) is 0 Å². The molecule has 0 saturated carbocycles. The molecule has 0 saturated heterocycles. The first-order valence-corrected chi connectivity index (χ1v) is 6.69. The number of nitrogens with one attached hydrogen (secondary N) is 1. The topological polar surface area (TPSA) is 59.4 Å². The van der Waals surface area contributed by atoms with Crippen molar-refractivity contribution in [3.8, 4) is 5.82 Å². The molecule has 0 radical (unpaired) electrons. The van der Waals surface area contributed by atoms with E-state index in [0.717, 1.165) is 21.8 Å². The van der Waals surface area contributed by atoms with Crippen LogP contribution in [0, 0.1) is 0 Å². The summed E-state index contributed by atoms with van der Waals surface area (Å²) >= 11 is 0. The molecule has 1 N–H and O–H groups in total. The van der Waals surface area contributed by atoms with Gasteiger partial charge in [-0.3, -0.25) is 0 Å². The molecule has 0 aliphatic heterocycles. The second kappa shape index (κ2) is 4.97. The van der Waals surface area contributed by atoms with E-state index in [2.05, 4.69) is 31.5 Å². The van der Waals surface area contributed by atoms with Crippen LogP contribution in [0.4, 0.5) is 4.39 Å². The average molecular weight is 291 g/mol. The Labute approximate surface area is 124 Å². The Morgan fingerprint density at radius 3 is 3.00 bits per heavy atom. The third-order valence-electron chi connectivity index (χ3n) is 3.35. The number of pyridine rings is 1. The maximum atomic E-state index is 13.1. The van der Waals surface area contributed by atoms with E-state index in [4.69, 9.17) is 0 Å². The van der Waals surface area contributed by atoms with Gasteiger partial charge in [-0.2, -0.15) is 9.49 Å². The van der Waals surface area contributed by atoms with Gasteiger partial charge in [-0.25, -0.2) is 14.6 Å². The van der Waals surface area contributed by atoms with Crippen LogP contribution in [-0.2, 0) is 6.42 Å². The lowest BCUT2D eigenvalue weighted by Gasteiger charge is -2.02. The summed E-state index contributed by atoms with van der Waals surface area (Å²) in [6.45, 7) is 0. The van der Waals surface area contributed by atoms with Crippen LogP contribution >= 0.6 is 0 Å². The van der Waals surface area contributed by atoms with Crippen molar-refractivity contribution in [1.82, 2.24) is 24.7 Å².